The van der Waals surface area contributed by atoms with E-state index in [0.717, 1.165) is 12.8 Å². The number of aromatic hydroxyl groups is 1. The molecule has 0 saturated carbocycles. The number of ether oxygens (including phenoxy) is 1. The number of allylic oxidation sites excluding steroid dienone is 1. The lowest BCUT2D eigenvalue weighted by Gasteiger charge is -2.21. The van der Waals surface area contributed by atoms with Crippen LogP contribution in [0.25, 0.3) is 0 Å². The number of phenols is 1. The van der Waals surface area contributed by atoms with Crippen LogP contribution < -0.4 is 11.2 Å². The van der Waals surface area contributed by atoms with Gasteiger partial charge in [-0.1, -0.05) is 25.5 Å². The number of benzene rings is 1. The number of para-hydroxylation sites is 1. The van der Waals surface area contributed by atoms with Gasteiger partial charge in [-0.25, -0.2) is 0 Å². The minimum Gasteiger partial charge on any atom is -0.507 e. The predicted molar refractivity (Wildman–Crippen MR) is 74.7 cm³/mol. The van der Waals surface area contributed by atoms with Gasteiger partial charge in [-0.05, 0) is 18.6 Å². The van der Waals surface area contributed by atoms with Gasteiger partial charge in [0.15, 0.2) is 0 Å². The van der Waals surface area contributed by atoms with Crippen molar-refractivity contribution in [2.75, 3.05) is 6.61 Å². The van der Waals surface area contributed by atoms with E-state index < -0.39 is 6.17 Å². The topological polar surface area (TPSA) is 79.9 Å². The lowest BCUT2D eigenvalue weighted by atomic mass is 10.1. The molecule has 19 heavy (non-hydrogen) atoms. The summed E-state index contributed by atoms with van der Waals surface area (Å²) in [7, 11) is 0. The number of nitrogens with two attached hydrogens (primary N) is 1. The van der Waals surface area contributed by atoms with Gasteiger partial charge in [0.25, 0.3) is 0 Å². The fourth-order valence-corrected chi connectivity index (χ4v) is 1.75. The standard InChI is InChI=1S/C14H19N3O2/c1-2-3-8-19-13-9-11(16-17-14(13)15)10-6-4-5-7-12(10)18/h4-7,9,14,17-18H,2-3,8,15H2,1H3. The van der Waals surface area contributed by atoms with E-state index in [2.05, 4.69) is 17.5 Å². The Morgan fingerprint density at radius 1 is 1.42 bits per heavy atom. The maximum atomic E-state index is 9.82. The fourth-order valence-electron chi connectivity index (χ4n) is 1.75. The summed E-state index contributed by atoms with van der Waals surface area (Å²) in [6.07, 6.45) is 3.38. The highest BCUT2D eigenvalue weighted by Crippen LogP contribution is 2.20. The normalized spacial score (nSPS) is 18.3. The molecule has 0 radical (unpaired) electrons. The second-order valence-corrected chi connectivity index (χ2v) is 4.37. The van der Waals surface area contributed by atoms with Crippen LogP contribution in [0, 0.1) is 0 Å². The molecule has 4 N–H and O–H groups in total. The van der Waals surface area contributed by atoms with E-state index in [1.54, 1.807) is 24.3 Å². The summed E-state index contributed by atoms with van der Waals surface area (Å²) >= 11 is 0. The van der Waals surface area contributed by atoms with Crippen molar-refractivity contribution in [1.29, 1.82) is 0 Å². The summed E-state index contributed by atoms with van der Waals surface area (Å²) in [6.45, 7) is 2.73. The Labute approximate surface area is 112 Å². The second kappa shape index (κ2) is 6.24. The quantitative estimate of drug-likeness (QED) is 0.705. The van der Waals surface area contributed by atoms with Crippen molar-refractivity contribution < 1.29 is 9.84 Å². The van der Waals surface area contributed by atoms with E-state index in [4.69, 9.17) is 10.5 Å². The summed E-state index contributed by atoms with van der Waals surface area (Å²) in [5.74, 6) is 0.824. The van der Waals surface area contributed by atoms with Gasteiger partial charge in [-0.2, -0.15) is 5.10 Å². The largest absolute Gasteiger partial charge is 0.507 e. The molecule has 0 amide bonds. The molecular weight excluding hydrogens is 242 g/mol. The molecule has 0 bridgehead atoms. The SMILES string of the molecule is CCCCOC1=CC(c2ccccc2O)=NNC1N. The van der Waals surface area contributed by atoms with Crippen molar-refractivity contribution in [2.45, 2.75) is 25.9 Å². The summed E-state index contributed by atoms with van der Waals surface area (Å²) in [5.41, 5.74) is 9.93. The van der Waals surface area contributed by atoms with Gasteiger partial charge in [0.2, 0.25) is 0 Å². The predicted octanol–water partition coefficient (Wildman–Crippen LogP) is 1.68. The van der Waals surface area contributed by atoms with E-state index in [0.29, 0.717) is 23.6 Å². The number of nitrogens with one attached hydrogen (secondary N) is 1. The summed E-state index contributed by atoms with van der Waals surface area (Å²) in [4.78, 5) is 0. The molecule has 102 valence electrons. The minimum absolute atomic E-state index is 0.183. The van der Waals surface area contributed by atoms with Crippen molar-refractivity contribution in [3.63, 3.8) is 0 Å². The lowest BCUT2D eigenvalue weighted by molar-refractivity contribution is 0.181. The Kier molecular flexibility index (Phi) is 4.41. The van der Waals surface area contributed by atoms with Gasteiger partial charge < -0.3 is 15.6 Å². The van der Waals surface area contributed by atoms with Gasteiger partial charge >= 0.3 is 0 Å². The molecule has 0 spiro atoms. The smallest absolute Gasteiger partial charge is 0.149 e. The molecule has 0 saturated heterocycles. The molecule has 5 nitrogen and oxygen atoms in total. The van der Waals surface area contributed by atoms with Crippen molar-refractivity contribution >= 4 is 5.71 Å². The molecule has 5 heteroatoms. The van der Waals surface area contributed by atoms with E-state index in [-0.39, 0.29) is 5.75 Å². The average molecular weight is 261 g/mol. The molecule has 0 fully saturated rings. The summed E-state index contributed by atoms with van der Waals surface area (Å²) in [5, 5.41) is 14.0. The fraction of sp³-hybridized carbons (Fsp3) is 0.357. The number of nitrogens with zero attached hydrogens (tertiary/aromatic N) is 1. The molecule has 2 rings (SSSR count). The number of hydrazone groups is 1. The van der Waals surface area contributed by atoms with Gasteiger partial charge in [0.1, 0.15) is 17.7 Å². The van der Waals surface area contributed by atoms with Crippen LogP contribution in [0.1, 0.15) is 25.3 Å². The van der Waals surface area contributed by atoms with Crippen LogP contribution in [-0.2, 0) is 4.74 Å². The molecule has 1 aromatic carbocycles. The maximum Gasteiger partial charge on any atom is 0.149 e. The zero-order valence-electron chi connectivity index (χ0n) is 11.0. The molecule has 1 unspecified atom stereocenters. The highest BCUT2D eigenvalue weighted by atomic mass is 16.5. The molecule has 1 aromatic rings. The first kappa shape index (κ1) is 13.4. The van der Waals surface area contributed by atoms with Crippen LogP contribution in [0.3, 0.4) is 0 Å². The van der Waals surface area contributed by atoms with E-state index in [9.17, 15) is 5.11 Å². The molecule has 0 aliphatic carbocycles. The van der Waals surface area contributed by atoms with Gasteiger partial charge in [0.05, 0.1) is 12.3 Å². The Morgan fingerprint density at radius 3 is 2.95 bits per heavy atom. The van der Waals surface area contributed by atoms with Crippen molar-refractivity contribution in [2.24, 2.45) is 10.8 Å². The molecule has 1 aliphatic rings. The van der Waals surface area contributed by atoms with Gasteiger partial charge in [-0.15, -0.1) is 0 Å². The lowest BCUT2D eigenvalue weighted by Crippen LogP contribution is -2.40. The van der Waals surface area contributed by atoms with E-state index >= 15 is 0 Å². The van der Waals surface area contributed by atoms with Crippen LogP contribution in [0.15, 0.2) is 41.2 Å². The van der Waals surface area contributed by atoms with E-state index in [1.165, 1.54) is 0 Å². The minimum atomic E-state index is -0.438. The van der Waals surface area contributed by atoms with Crippen LogP contribution >= 0.6 is 0 Å². The van der Waals surface area contributed by atoms with Gasteiger partial charge in [-0.3, -0.25) is 5.43 Å². The zero-order valence-corrected chi connectivity index (χ0v) is 11.0. The first-order valence-corrected chi connectivity index (χ1v) is 6.44. The zero-order chi connectivity index (χ0) is 13.7. The number of hydrogen-bond acceptors (Lipinski definition) is 5. The first-order valence-electron chi connectivity index (χ1n) is 6.44. The molecular formula is C14H19N3O2. The highest BCUT2D eigenvalue weighted by molar-refractivity contribution is 6.10. The van der Waals surface area contributed by atoms with Crippen molar-refractivity contribution in [1.82, 2.24) is 5.43 Å². The van der Waals surface area contributed by atoms with Crippen LogP contribution in [-0.4, -0.2) is 23.6 Å². The van der Waals surface area contributed by atoms with Crippen LogP contribution in [0.5, 0.6) is 5.75 Å². The Hall–Kier alpha value is -2.01. The molecule has 1 aliphatic heterocycles. The molecule has 1 atom stereocenters. The van der Waals surface area contributed by atoms with Gasteiger partial charge in [0, 0.05) is 11.6 Å². The average Bonchev–Trinajstić information content (AvgIpc) is 2.42. The Balaban J connectivity index is 2.16. The maximum absolute atomic E-state index is 9.82. The number of rotatable bonds is 5. The second-order valence-electron chi connectivity index (χ2n) is 4.37. The molecule has 1 heterocycles. The number of hydrogen-bond donors (Lipinski definition) is 3. The Bertz CT molecular complexity index is 497. The van der Waals surface area contributed by atoms with Crippen molar-refractivity contribution in [3.05, 3.63) is 41.7 Å². The van der Waals surface area contributed by atoms with E-state index in [1.807, 2.05) is 6.07 Å². The Morgan fingerprint density at radius 2 is 2.21 bits per heavy atom. The third-order valence-electron chi connectivity index (χ3n) is 2.86. The third kappa shape index (κ3) is 3.26. The van der Waals surface area contributed by atoms with Crippen LogP contribution in [0.4, 0.5) is 0 Å². The third-order valence-corrected chi connectivity index (χ3v) is 2.86. The van der Waals surface area contributed by atoms with Crippen molar-refractivity contribution in [3.8, 4) is 5.75 Å². The first-order chi connectivity index (χ1) is 9.22. The summed E-state index contributed by atoms with van der Waals surface area (Å²) in [6, 6.07) is 7.03. The number of unbranched alkanes of at least 4 members (excludes halogenated alkanes) is 1. The van der Waals surface area contributed by atoms with Crippen LogP contribution in [0.2, 0.25) is 0 Å². The monoisotopic (exact) mass is 261 g/mol. The summed E-state index contributed by atoms with van der Waals surface area (Å²) < 4.78 is 5.64. The number of phenolic OH excluding ortho intramolecular Hbond substituents is 1. The molecule has 0 aromatic heterocycles. The highest BCUT2D eigenvalue weighted by Gasteiger charge is 2.18.